The first-order valence-corrected chi connectivity index (χ1v) is 18.1. The molecule has 7 aromatic rings. The molecule has 0 radical (unpaired) electrons. The van der Waals surface area contributed by atoms with Crippen LogP contribution in [0.3, 0.4) is 0 Å². The van der Waals surface area contributed by atoms with E-state index in [0.717, 1.165) is 0 Å². The summed E-state index contributed by atoms with van der Waals surface area (Å²) in [5.41, 5.74) is 2.32. The molecule has 0 heterocycles. The molecular formula is C49H48Na6O14. The van der Waals surface area contributed by atoms with Crippen molar-refractivity contribution in [3.05, 3.63) is 251 Å². The van der Waals surface area contributed by atoms with E-state index < -0.39 is 41.8 Å². The van der Waals surface area contributed by atoms with Gasteiger partial charge < -0.3 is 44.3 Å². The second-order valence-corrected chi connectivity index (χ2v) is 11.7. The Morgan fingerprint density at radius 2 is 0.261 bits per heavy atom. The quantitative estimate of drug-likeness (QED) is 0.0733. The predicted octanol–water partition coefficient (Wildman–Crippen LogP) is -7.61. The minimum absolute atomic E-state index is 0. The molecule has 7 aromatic carbocycles. The molecule has 0 aliphatic heterocycles. The number of hydrogen-bond donors (Lipinski definition) is 7. The molecule has 0 saturated carbocycles. The van der Waals surface area contributed by atoms with Gasteiger partial charge in [0.25, 0.3) is 0 Å². The number of rotatable bonds is 7. The molecule has 14 nitrogen and oxygen atoms in total. The largest absolute Gasteiger partial charge is 1.00 e. The van der Waals surface area contributed by atoms with Crippen LogP contribution in [0.5, 0.6) is 0 Å². The SMILES string of the molecule is O=C(O)c1ccccc1.O=C(O)c1ccccc1.O=C(O)c1ccccc1.O=C(O)c1ccccc1.O=C(O)c1ccccc1.O=C(O)c1ccccc1.O=C(O)c1ccccc1.[H-].[H-].[H-].[H-].[H-].[H-].[Na+].[Na+].[Na+].[Na+].[Na+].[Na+]. The first-order chi connectivity index (χ1) is 30.1. The topological polar surface area (TPSA) is 261 Å². The van der Waals surface area contributed by atoms with Crippen molar-refractivity contribution in [2.24, 2.45) is 0 Å². The van der Waals surface area contributed by atoms with Crippen molar-refractivity contribution in [1.29, 1.82) is 0 Å². The molecule has 334 valence electrons. The van der Waals surface area contributed by atoms with Crippen LogP contribution in [0.15, 0.2) is 212 Å². The summed E-state index contributed by atoms with van der Waals surface area (Å²) in [4.78, 5) is 71.4. The van der Waals surface area contributed by atoms with Gasteiger partial charge in [0, 0.05) is 0 Å². The molecule has 0 amide bonds. The number of carboxylic acid groups (broad SMARTS) is 7. The molecule has 0 atom stereocenters. The predicted molar refractivity (Wildman–Crippen MR) is 240 cm³/mol. The van der Waals surface area contributed by atoms with Crippen molar-refractivity contribution in [2.45, 2.75) is 0 Å². The molecule has 69 heavy (non-hydrogen) atoms. The maximum Gasteiger partial charge on any atom is 1.00 e. The van der Waals surface area contributed by atoms with Crippen LogP contribution in [-0.2, 0) is 0 Å². The zero-order valence-electron chi connectivity index (χ0n) is 45.2. The van der Waals surface area contributed by atoms with E-state index in [1.54, 1.807) is 212 Å². The standard InChI is InChI=1S/7C7H6O2.6Na.6H/c7*8-7(9)6-4-2-1-3-5-6;;;;;;;;;;;;/h7*1-5H,(H,8,9);;;;;;;;;;;;/q;;;;;;;6*+1;6*-1. The molecular weight excluding hydrogens is 950 g/mol. The van der Waals surface area contributed by atoms with Crippen molar-refractivity contribution in [3.8, 4) is 0 Å². The molecule has 20 heteroatoms. The first kappa shape index (κ1) is 77.3. The minimum Gasteiger partial charge on any atom is -1.00 e. The van der Waals surface area contributed by atoms with Crippen LogP contribution in [0.4, 0.5) is 0 Å². The maximum absolute atomic E-state index is 10.2. The Labute approximate surface area is 540 Å². The molecule has 7 N–H and O–H groups in total. The zero-order valence-corrected chi connectivity index (χ0v) is 51.2. The van der Waals surface area contributed by atoms with Gasteiger partial charge in [-0.25, -0.2) is 33.6 Å². The van der Waals surface area contributed by atoms with Gasteiger partial charge in [0.15, 0.2) is 0 Å². The summed E-state index contributed by atoms with van der Waals surface area (Å²) in [6, 6.07) is 58.1. The summed E-state index contributed by atoms with van der Waals surface area (Å²) in [6.45, 7) is 0. The maximum atomic E-state index is 10.2. The molecule has 0 aliphatic rings. The summed E-state index contributed by atoms with van der Waals surface area (Å²) in [5, 5.41) is 58.7. The Morgan fingerprint density at radius 3 is 0.304 bits per heavy atom. The smallest absolute Gasteiger partial charge is 1.00 e. The fourth-order valence-electron chi connectivity index (χ4n) is 4.07. The number of aromatic carboxylic acids is 7. The van der Waals surface area contributed by atoms with Gasteiger partial charge in [-0.1, -0.05) is 127 Å². The zero-order chi connectivity index (χ0) is 46.8. The minimum atomic E-state index is -0.879. The van der Waals surface area contributed by atoms with Crippen LogP contribution in [-0.4, -0.2) is 77.5 Å². The third kappa shape index (κ3) is 39.2. The van der Waals surface area contributed by atoms with Crippen LogP contribution in [0, 0.1) is 0 Å². The third-order valence-electron chi connectivity index (χ3n) is 7.15. The van der Waals surface area contributed by atoms with Gasteiger partial charge in [-0.3, -0.25) is 0 Å². The summed E-state index contributed by atoms with van der Waals surface area (Å²) < 4.78 is 0. The number of hydrogen-bond acceptors (Lipinski definition) is 7. The Kier molecular flexibility index (Phi) is 54.3. The van der Waals surface area contributed by atoms with Crippen LogP contribution in [0.2, 0.25) is 0 Å². The molecule has 0 aromatic heterocycles. The van der Waals surface area contributed by atoms with E-state index in [4.69, 9.17) is 35.7 Å². The monoisotopic (exact) mass is 998 g/mol. The Morgan fingerprint density at radius 1 is 0.188 bits per heavy atom. The van der Waals surface area contributed by atoms with Gasteiger partial charge in [-0.2, -0.15) is 0 Å². The van der Waals surface area contributed by atoms with E-state index in [0.29, 0.717) is 38.9 Å². The van der Waals surface area contributed by atoms with Crippen molar-refractivity contribution in [1.82, 2.24) is 0 Å². The average Bonchev–Trinajstić information content (AvgIpc) is 3.32. The molecule has 0 spiro atoms. The van der Waals surface area contributed by atoms with E-state index in [-0.39, 0.29) is 186 Å². The van der Waals surface area contributed by atoms with Crippen molar-refractivity contribution >= 4 is 41.8 Å². The van der Waals surface area contributed by atoms with E-state index in [9.17, 15) is 33.6 Å². The first-order valence-electron chi connectivity index (χ1n) is 18.1. The fourth-order valence-corrected chi connectivity index (χ4v) is 4.07. The Balaban J connectivity index is -0.0000000601. The van der Waals surface area contributed by atoms with E-state index in [1.165, 1.54) is 0 Å². The van der Waals surface area contributed by atoms with Gasteiger partial charge in [0.1, 0.15) is 0 Å². The Bertz CT molecular complexity index is 1970. The second-order valence-electron chi connectivity index (χ2n) is 11.7. The fraction of sp³-hybridized carbons (Fsp3) is 0. The number of carbonyl (C=O) groups is 7. The Hall–Kier alpha value is -3.17. The summed E-state index contributed by atoms with van der Waals surface area (Å²) in [6.07, 6.45) is 0. The van der Waals surface area contributed by atoms with E-state index in [2.05, 4.69) is 0 Å². The number of carboxylic acids is 7. The van der Waals surface area contributed by atoms with Crippen LogP contribution in [0.25, 0.3) is 0 Å². The molecule has 0 unspecified atom stereocenters. The van der Waals surface area contributed by atoms with Crippen molar-refractivity contribution in [3.63, 3.8) is 0 Å². The molecule has 0 aliphatic carbocycles. The summed E-state index contributed by atoms with van der Waals surface area (Å²) in [7, 11) is 0. The van der Waals surface area contributed by atoms with Gasteiger partial charge in [-0.05, 0) is 84.9 Å². The van der Waals surface area contributed by atoms with Gasteiger partial charge >= 0.3 is 219 Å². The van der Waals surface area contributed by atoms with Gasteiger partial charge in [0.05, 0.1) is 38.9 Å². The molecule has 0 bridgehead atoms. The summed E-state index contributed by atoms with van der Waals surface area (Å²) in [5.74, 6) is -6.15. The van der Waals surface area contributed by atoms with Crippen molar-refractivity contribution in [2.75, 3.05) is 0 Å². The van der Waals surface area contributed by atoms with Crippen LogP contribution < -0.4 is 177 Å². The van der Waals surface area contributed by atoms with E-state index in [1.807, 2.05) is 0 Å². The number of benzene rings is 7. The third-order valence-corrected chi connectivity index (χ3v) is 7.15. The molecule has 0 saturated heterocycles. The van der Waals surface area contributed by atoms with Crippen LogP contribution in [0.1, 0.15) is 81.1 Å². The summed E-state index contributed by atoms with van der Waals surface area (Å²) >= 11 is 0. The van der Waals surface area contributed by atoms with Gasteiger partial charge in [0.2, 0.25) is 0 Å². The van der Waals surface area contributed by atoms with E-state index >= 15 is 0 Å². The second kappa shape index (κ2) is 48.5. The molecule has 7 rings (SSSR count). The van der Waals surface area contributed by atoms with Gasteiger partial charge in [-0.15, -0.1) is 0 Å². The average molecular weight is 999 g/mol. The molecule has 0 fully saturated rings. The van der Waals surface area contributed by atoms with Crippen molar-refractivity contribution < 1.29 is 255 Å². The normalized spacial score (nSPS) is 8.12. The van der Waals surface area contributed by atoms with Crippen LogP contribution >= 0.6 is 0 Å².